The van der Waals surface area contributed by atoms with Crippen LogP contribution in [-0.2, 0) is 11.2 Å². The van der Waals surface area contributed by atoms with Crippen LogP contribution < -0.4 is 11.1 Å². The van der Waals surface area contributed by atoms with Crippen LogP contribution in [0.15, 0.2) is 18.2 Å². The summed E-state index contributed by atoms with van der Waals surface area (Å²) in [4.78, 5) is 14.1. The molecule has 0 spiro atoms. The standard InChI is InChI=1S/C14H19N3O/c1-9-14(18)16-6-7-17(9)13-5-2-10-8-11(15)3-4-12(10)13/h3-4,8-9,13H,2,5-7,15H2,1H3,(H,16,18). The molecule has 0 bridgehead atoms. The van der Waals surface area contributed by atoms with Crippen molar-refractivity contribution in [3.63, 3.8) is 0 Å². The number of aryl methyl sites for hydroxylation is 1. The highest BCUT2D eigenvalue weighted by Gasteiger charge is 2.35. The van der Waals surface area contributed by atoms with Crippen molar-refractivity contribution in [2.24, 2.45) is 0 Å². The quantitative estimate of drug-likeness (QED) is 0.728. The predicted octanol–water partition coefficient (Wildman–Crippen LogP) is 1.08. The van der Waals surface area contributed by atoms with Crippen molar-refractivity contribution < 1.29 is 4.79 Å². The number of anilines is 1. The Morgan fingerprint density at radius 1 is 1.44 bits per heavy atom. The molecule has 1 amide bonds. The van der Waals surface area contributed by atoms with Gasteiger partial charge < -0.3 is 11.1 Å². The Morgan fingerprint density at radius 3 is 3.11 bits per heavy atom. The number of hydrogen-bond donors (Lipinski definition) is 2. The van der Waals surface area contributed by atoms with Crippen molar-refractivity contribution in [1.29, 1.82) is 0 Å². The van der Waals surface area contributed by atoms with Gasteiger partial charge in [0.05, 0.1) is 6.04 Å². The molecule has 1 aliphatic heterocycles. The van der Waals surface area contributed by atoms with Crippen LogP contribution in [0.5, 0.6) is 0 Å². The van der Waals surface area contributed by atoms with E-state index in [9.17, 15) is 4.79 Å². The molecule has 18 heavy (non-hydrogen) atoms. The van der Waals surface area contributed by atoms with Gasteiger partial charge in [0.2, 0.25) is 5.91 Å². The zero-order valence-corrected chi connectivity index (χ0v) is 10.6. The van der Waals surface area contributed by atoms with Crippen molar-refractivity contribution in [2.75, 3.05) is 18.8 Å². The van der Waals surface area contributed by atoms with Gasteiger partial charge in [0.25, 0.3) is 0 Å². The van der Waals surface area contributed by atoms with Gasteiger partial charge in [0, 0.05) is 24.8 Å². The third-order valence-electron chi connectivity index (χ3n) is 4.16. The number of nitrogens with zero attached hydrogens (tertiary/aromatic N) is 1. The lowest BCUT2D eigenvalue weighted by Gasteiger charge is -2.37. The topological polar surface area (TPSA) is 58.4 Å². The highest BCUT2D eigenvalue weighted by molar-refractivity contribution is 5.82. The Labute approximate surface area is 107 Å². The molecule has 1 fully saturated rings. The zero-order valence-electron chi connectivity index (χ0n) is 10.6. The molecule has 1 saturated heterocycles. The first-order valence-electron chi connectivity index (χ1n) is 6.58. The molecule has 0 radical (unpaired) electrons. The number of carbonyl (C=O) groups is 1. The number of piperazine rings is 1. The fraction of sp³-hybridized carbons (Fsp3) is 0.500. The van der Waals surface area contributed by atoms with Crippen LogP contribution in [0, 0.1) is 0 Å². The van der Waals surface area contributed by atoms with Crippen molar-refractivity contribution in [3.8, 4) is 0 Å². The smallest absolute Gasteiger partial charge is 0.237 e. The molecule has 3 rings (SSSR count). The van der Waals surface area contributed by atoms with E-state index in [0.29, 0.717) is 6.04 Å². The Balaban J connectivity index is 1.89. The Kier molecular flexibility index (Phi) is 2.74. The molecular weight excluding hydrogens is 226 g/mol. The number of nitrogens with two attached hydrogens (primary N) is 1. The first kappa shape index (κ1) is 11.5. The molecule has 0 saturated carbocycles. The van der Waals surface area contributed by atoms with Gasteiger partial charge in [-0.25, -0.2) is 0 Å². The lowest BCUT2D eigenvalue weighted by Crippen LogP contribution is -2.54. The van der Waals surface area contributed by atoms with Gasteiger partial charge in [-0.05, 0) is 43.0 Å². The lowest BCUT2D eigenvalue weighted by atomic mass is 10.0. The predicted molar refractivity (Wildman–Crippen MR) is 71.1 cm³/mol. The molecule has 4 nitrogen and oxygen atoms in total. The number of hydrogen-bond acceptors (Lipinski definition) is 3. The summed E-state index contributed by atoms with van der Waals surface area (Å²) in [5, 5.41) is 2.92. The van der Waals surface area contributed by atoms with Gasteiger partial charge >= 0.3 is 0 Å². The lowest BCUT2D eigenvalue weighted by molar-refractivity contribution is -0.129. The van der Waals surface area contributed by atoms with E-state index in [1.165, 1.54) is 11.1 Å². The van der Waals surface area contributed by atoms with E-state index in [2.05, 4.69) is 22.3 Å². The van der Waals surface area contributed by atoms with Crippen molar-refractivity contribution >= 4 is 11.6 Å². The third kappa shape index (κ3) is 1.77. The highest BCUT2D eigenvalue weighted by Crippen LogP contribution is 2.37. The van der Waals surface area contributed by atoms with E-state index in [4.69, 9.17) is 5.73 Å². The van der Waals surface area contributed by atoms with Crippen LogP contribution in [0.3, 0.4) is 0 Å². The van der Waals surface area contributed by atoms with E-state index in [0.717, 1.165) is 31.6 Å². The van der Waals surface area contributed by atoms with Crippen LogP contribution >= 0.6 is 0 Å². The minimum Gasteiger partial charge on any atom is -0.399 e. The number of nitrogens with one attached hydrogen (secondary N) is 1. The maximum absolute atomic E-state index is 11.8. The first-order chi connectivity index (χ1) is 8.66. The van der Waals surface area contributed by atoms with E-state index < -0.39 is 0 Å². The number of nitrogen functional groups attached to an aromatic ring is 1. The average Bonchev–Trinajstić information content (AvgIpc) is 2.75. The second-order valence-corrected chi connectivity index (χ2v) is 5.22. The molecule has 0 aromatic heterocycles. The van der Waals surface area contributed by atoms with Crippen molar-refractivity contribution in [3.05, 3.63) is 29.3 Å². The van der Waals surface area contributed by atoms with E-state index in [-0.39, 0.29) is 11.9 Å². The van der Waals surface area contributed by atoms with Gasteiger partial charge in [-0.2, -0.15) is 0 Å². The van der Waals surface area contributed by atoms with Crippen LogP contribution in [0.4, 0.5) is 5.69 Å². The van der Waals surface area contributed by atoms with Gasteiger partial charge in [-0.15, -0.1) is 0 Å². The van der Waals surface area contributed by atoms with E-state index in [1.54, 1.807) is 0 Å². The largest absolute Gasteiger partial charge is 0.399 e. The summed E-state index contributed by atoms with van der Waals surface area (Å²) in [6.45, 7) is 3.68. The third-order valence-corrected chi connectivity index (χ3v) is 4.16. The number of benzene rings is 1. The van der Waals surface area contributed by atoms with Crippen LogP contribution in [0.1, 0.15) is 30.5 Å². The molecule has 1 heterocycles. The minimum atomic E-state index is -0.0350. The van der Waals surface area contributed by atoms with Gasteiger partial charge in [-0.3, -0.25) is 9.69 Å². The molecule has 2 atom stereocenters. The fourth-order valence-electron chi connectivity index (χ4n) is 3.19. The molecule has 1 aromatic carbocycles. The maximum Gasteiger partial charge on any atom is 0.237 e. The Hall–Kier alpha value is -1.55. The second-order valence-electron chi connectivity index (χ2n) is 5.22. The van der Waals surface area contributed by atoms with Crippen molar-refractivity contribution in [1.82, 2.24) is 10.2 Å². The first-order valence-corrected chi connectivity index (χ1v) is 6.58. The summed E-state index contributed by atoms with van der Waals surface area (Å²) in [6.07, 6.45) is 2.16. The average molecular weight is 245 g/mol. The summed E-state index contributed by atoms with van der Waals surface area (Å²) in [6, 6.07) is 6.51. The van der Waals surface area contributed by atoms with Gasteiger partial charge in [0.1, 0.15) is 0 Å². The summed E-state index contributed by atoms with van der Waals surface area (Å²) in [5.74, 6) is 0.144. The molecule has 96 valence electrons. The number of fused-ring (bicyclic) bond motifs is 1. The normalized spacial score (nSPS) is 27.9. The summed E-state index contributed by atoms with van der Waals surface area (Å²) < 4.78 is 0. The molecule has 1 aliphatic carbocycles. The number of carbonyl (C=O) groups excluding carboxylic acids is 1. The Morgan fingerprint density at radius 2 is 2.28 bits per heavy atom. The monoisotopic (exact) mass is 245 g/mol. The summed E-state index contributed by atoms with van der Waals surface area (Å²) >= 11 is 0. The van der Waals surface area contributed by atoms with Crippen molar-refractivity contribution in [2.45, 2.75) is 31.8 Å². The fourth-order valence-corrected chi connectivity index (χ4v) is 3.19. The summed E-state index contributed by atoms with van der Waals surface area (Å²) in [5.41, 5.74) is 9.36. The van der Waals surface area contributed by atoms with Gasteiger partial charge in [-0.1, -0.05) is 6.07 Å². The highest BCUT2D eigenvalue weighted by atomic mass is 16.2. The number of rotatable bonds is 1. The van der Waals surface area contributed by atoms with E-state index >= 15 is 0 Å². The summed E-state index contributed by atoms with van der Waals surface area (Å²) in [7, 11) is 0. The molecule has 2 unspecified atom stereocenters. The number of amides is 1. The molecular formula is C14H19N3O. The van der Waals surface area contributed by atoms with Crippen LogP contribution in [0.2, 0.25) is 0 Å². The minimum absolute atomic E-state index is 0.0350. The molecule has 4 heteroatoms. The molecule has 3 N–H and O–H groups in total. The SMILES string of the molecule is CC1C(=O)NCCN1C1CCc2cc(N)ccc21. The van der Waals surface area contributed by atoms with Gasteiger partial charge in [0.15, 0.2) is 0 Å². The Bertz CT molecular complexity index is 486. The molecule has 2 aliphatic rings. The second kappa shape index (κ2) is 4.28. The van der Waals surface area contributed by atoms with Crippen LogP contribution in [0.25, 0.3) is 0 Å². The van der Waals surface area contributed by atoms with Crippen LogP contribution in [-0.4, -0.2) is 29.9 Å². The molecule has 1 aromatic rings. The zero-order chi connectivity index (χ0) is 12.7. The van der Waals surface area contributed by atoms with E-state index in [1.807, 2.05) is 13.0 Å². The maximum atomic E-state index is 11.8.